The van der Waals surface area contributed by atoms with Crippen LogP contribution in [0.3, 0.4) is 0 Å². The van der Waals surface area contributed by atoms with Gasteiger partial charge in [0.1, 0.15) is 63.1 Å². The predicted molar refractivity (Wildman–Crippen MR) is 97.0 cm³/mol. The summed E-state index contributed by atoms with van der Waals surface area (Å²) in [5, 5.41) is 11.0. The van der Waals surface area contributed by atoms with Crippen LogP contribution in [-0.4, -0.2) is 25.8 Å². The van der Waals surface area contributed by atoms with Gasteiger partial charge in [-0.25, -0.2) is 6.38 Å². The zero-order valence-corrected chi connectivity index (χ0v) is 15.1. The standard InChI is InChI=1S/C14H7N3O2.I2O/c18-9-6-17-13-10-7(9)3-5-16-11(10)8-2-1-4-15-12(8)14(13)19;1-3-2/h1-6,18H;. The number of carbonyl (C=O) groups excluding carboxylic acids is 1. The third kappa shape index (κ3) is 2.44. The first-order chi connectivity index (χ1) is 10.7. The van der Waals surface area contributed by atoms with Gasteiger partial charge in [0, 0.05) is 28.7 Å². The minimum atomic E-state index is -0.235. The molecule has 6 nitrogen and oxygen atoms in total. The maximum Gasteiger partial charge on any atom is 0.231 e. The third-order valence-corrected chi connectivity index (χ3v) is 3.27. The Kier molecular flexibility index (Phi) is 4.49. The first kappa shape index (κ1) is 15.5. The van der Waals surface area contributed by atoms with Crippen molar-refractivity contribution in [2.75, 3.05) is 0 Å². The van der Waals surface area contributed by atoms with Crippen LogP contribution in [0, 0.1) is 0 Å². The van der Waals surface area contributed by atoms with Crippen LogP contribution in [0.15, 0.2) is 36.8 Å². The van der Waals surface area contributed by atoms with Crippen LogP contribution >= 0.6 is 46.0 Å². The summed E-state index contributed by atoms with van der Waals surface area (Å²) < 4.78 is 4.19. The van der Waals surface area contributed by atoms with Crippen molar-refractivity contribution in [3.05, 3.63) is 48.2 Å². The number of halogens is 2. The van der Waals surface area contributed by atoms with Crippen molar-refractivity contribution in [1.82, 2.24) is 15.0 Å². The normalized spacial score (nSPS) is 11.6. The average molecular weight is 519 g/mol. The molecule has 0 saturated carbocycles. The first-order valence-electron chi connectivity index (χ1n) is 6.05. The minimum Gasteiger partial charge on any atom is -0.506 e. The van der Waals surface area contributed by atoms with Crippen molar-refractivity contribution < 1.29 is 11.3 Å². The van der Waals surface area contributed by atoms with E-state index in [1.807, 2.05) is 0 Å². The van der Waals surface area contributed by atoms with Gasteiger partial charge < -0.3 is 5.11 Å². The summed E-state index contributed by atoms with van der Waals surface area (Å²) in [6.07, 6.45) is 4.46. The summed E-state index contributed by atoms with van der Waals surface area (Å²) in [4.78, 5) is 24.8. The number of nitrogens with zero attached hydrogens (tertiary/aromatic N) is 3. The maximum absolute atomic E-state index is 12.4. The molecule has 22 heavy (non-hydrogen) atoms. The number of ketones is 1. The molecule has 1 aliphatic rings. The molecule has 3 aromatic rings. The highest BCUT2D eigenvalue weighted by molar-refractivity contribution is 14.2. The summed E-state index contributed by atoms with van der Waals surface area (Å²) in [5.41, 5.74) is 1.96. The minimum absolute atomic E-state index is 0.0440. The molecule has 0 atom stereocenters. The molecule has 0 radical (unpaired) electrons. The molecule has 0 aliphatic heterocycles. The second-order valence-electron chi connectivity index (χ2n) is 4.36. The van der Waals surface area contributed by atoms with E-state index in [1.165, 1.54) is 6.20 Å². The number of rotatable bonds is 0. The zero-order chi connectivity index (χ0) is 15.7. The molecule has 1 aliphatic carbocycles. The summed E-state index contributed by atoms with van der Waals surface area (Å²) in [5.74, 6) is -0.191. The monoisotopic (exact) mass is 519 g/mol. The molecule has 4 rings (SSSR count). The van der Waals surface area contributed by atoms with Crippen molar-refractivity contribution in [2.45, 2.75) is 0 Å². The first-order valence-corrected chi connectivity index (χ1v) is 7.81. The largest absolute Gasteiger partial charge is 0.506 e. The molecule has 0 bridgehead atoms. The molecule has 0 saturated heterocycles. The number of fused-ring (bicyclic) bond motifs is 2. The SMILES string of the molecule is IOI.O=C1c2ncccc2-c2nccc3c(O)cnc1c23. The number of hydrogen-bond donors (Lipinski definition) is 1. The lowest BCUT2D eigenvalue weighted by atomic mass is 9.92. The van der Waals surface area contributed by atoms with Crippen LogP contribution in [0.2, 0.25) is 0 Å². The Bertz CT molecular complexity index is 886. The van der Waals surface area contributed by atoms with Gasteiger partial charge in [0.05, 0.1) is 11.9 Å². The van der Waals surface area contributed by atoms with Crippen LogP contribution in [0.5, 0.6) is 5.75 Å². The molecule has 3 aromatic heterocycles. The summed E-state index contributed by atoms with van der Waals surface area (Å²) >= 11 is 3.55. The topological polar surface area (TPSA) is 85.2 Å². The Morgan fingerprint density at radius 2 is 1.73 bits per heavy atom. The molecular formula is C14H7I2N3O3. The summed E-state index contributed by atoms with van der Waals surface area (Å²) in [6.45, 7) is 0. The highest BCUT2D eigenvalue weighted by Crippen LogP contribution is 2.38. The third-order valence-electron chi connectivity index (χ3n) is 3.27. The Hall–Kier alpha value is -1.40. The maximum atomic E-state index is 12.4. The molecule has 0 unspecified atom stereocenters. The Balaban J connectivity index is 0.000000446. The molecule has 0 spiro atoms. The zero-order valence-electron chi connectivity index (χ0n) is 10.8. The second-order valence-corrected chi connectivity index (χ2v) is 6.93. The van der Waals surface area contributed by atoms with Crippen LogP contribution in [0.4, 0.5) is 0 Å². The molecule has 0 fully saturated rings. The molecule has 3 heterocycles. The van der Waals surface area contributed by atoms with Crippen LogP contribution < -0.4 is 0 Å². The van der Waals surface area contributed by atoms with E-state index in [0.717, 1.165) is 0 Å². The molecule has 1 N–H and O–H groups in total. The van der Waals surface area contributed by atoms with Gasteiger partial charge >= 0.3 is 0 Å². The van der Waals surface area contributed by atoms with E-state index in [-0.39, 0.29) is 11.5 Å². The lowest BCUT2D eigenvalue weighted by Gasteiger charge is -2.17. The van der Waals surface area contributed by atoms with Gasteiger partial charge in [-0.1, -0.05) is 0 Å². The van der Waals surface area contributed by atoms with Crippen molar-refractivity contribution in [3.8, 4) is 17.0 Å². The van der Waals surface area contributed by atoms with E-state index >= 15 is 0 Å². The van der Waals surface area contributed by atoms with E-state index in [0.29, 0.717) is 33.4 Å². The van der Waals surface area contributed by atoms with Crippen LogP contribution in [0.25, 0.3) is 22.0 Å². The number of aromatic nitrogens is 3. The van der Waals surface area contributed by atoms with Gasteiger partial charge in [0.25, 0.3) is 0 Å². The van der Waals surface area contributed by atoms with Crippen LogP contribution in [-0.2, 0) is 1.40 Å². The number of carbonyl (C=O) groups is 1. The summed E-state index contributed by atoms with van der Waals surface area (Å²) in [6, 6.07) is 5.23. The molecule has 0 amide bonds. The van der Waals surface area contributed by atoms with Gasteiger partial charge in [0.2, 0.25) is 5.78 Å². The lowest BCUT2D eigenvalue weighted by molar-refractivity contribution is 0.103. The number of pyridine rings is 3. The van der Waals surface area contributed by atoms with Crippen molar-refractivity contribution in [3.63, 3.8) is 0 Å². The molecular weight excluding hydrogens is 512 g/mol. The van der Waals surface area contributed by atoms with Crippen molar-refractivity contribution in [2.24, 2.45) is 0 Å². The van der Waals surface area contributed by atoms with E-state index in [2.05, 4.69) is 16.3 Å². The average Bonchev–Trinajstić information content (AvgIpc) is 2.55. The predicted octanol–water partition coefficient (Wildman–Crippen LogP) is 3.64. The fourth-order valence-electron chi connectivity index (χ4n) is 2.44. The van der Waals surface area contributed by atoms with Crippen LogP contribution in [0.1, 0.15) is 16.2 Å². The lowest BCUT2D eigenvalue weighted by Crippen LogP contribution is -2.14. The van der Waals surface area contributed by atoms with E-state index in [1.54, 1.807) is 76.6 Å². The molecule has 0 aromatic carbocycles. The van der Waals surface area contributed by atoms with Crippen molar-refractivity contribution in [1.29, 1.82) is 0 Å². The highest BCUT2D eigenvalue weighted by Gasteiger charge is 2.28. The van der Waals surface area contributed by atoms with Crippen molar-refractivity contribution >= 4 is 62.6 Å². The van der Waals surface area contributed by atoms with Gasteiger partial charge in [-0.15, -0.1) is 0 Å². The molecule has 110 valence electrons. The Morgan fingerprint density at radius 3 is 2.50 bits per heavy atom. The van der Waals surface area contributed by atoms with E-state index in [9.17, 15) is 9.90 Å². The molecule has 8 heteroatoms. The Labute approximate surface area is 153 Å². The fourth-order valence-corrected chi connectivity index (χ4v) is 2.44. The van der Waals surface area contributed by atoms with Gasteiger partial charge in [-0.05, 0) is 18.2 Å². The quantitative estimate of drug-likeness (QED) is 0.358. The number of aromatic hydroxyl groups is 1. The number of hydrogen-bond acceptors (Lipinski definition) is 6. The smallest absolute Gasteiger partial charge is 0.231 e. The fraction of sp³-hybridized carbons (Fsp3) is 0. The second kappa shape index (κ2) is 6.38. The highest BCUT2D eigenvalue weighted by atomic mass is 127. The van der Waals surface area contributed by atoms with Gasteiger partial charge in [-0.2, -0.15) is 0 Å². The van der Waals surface area contributed by atoms with E-state index in [4.69, 9.17) is 0 Å². The van der Waals surface area contributed by atoms with Gasteiger partial charge in [-0.3, -0.25) is 14.8 Å². The van der Waals surface area contributed by atoms with E-state index < -0.39 is 0 Å². The van der Waals surface area contributed by atoms with Gasteiger partial charge in [0.15, 0.2) is 0 Å². The summed E-state index contributed by atoms with van der Waals surface area (Å²) in [7, 11) is 0. The Morgan fingerprint density at radius 1 is 1.00 bits per heavy atom.